The minimum atomic E-state index is -2.24. The quantitative estimate of drug-likeness (QED) is 0.240. The highest BCUT2D eigenvalue weighted by Crippen LogP contribution is 2.37. The van der Waals surface area contributed by atoms with Gasteiger partial charge in [-0.15, -0.1) is 0 Å². The molecule has 0 aliphatic carbocycles. The molecule has 0 spiro atoms. The van der Waals surface area contributed by atoms with Gasteiger partial charge in [-0.2, -0.15) is 5.90 Å². The average molecular weight is 496 g/mol. The van der Waals surface area contributed by atoms with Crippen molar-refractivity contribution in [1.29, 1.82) is 0 Å². The third-order valence-electron chi connectivity index (χ3n) is 6.18. The summed E-state index contributed by atoms with van der Waals surface area (Å²) in [6.07, 6.45) is 0. The Morgan fingerprint density at radius 3 is 2.00 bits per heavy atom. The minimum Gasteiger partial charge on any atom is -0.772 e. The number of aromatic nitrogens is 1. The Kier molecular flexibility index (Phi) is 6.77. The molecule has 0 radical (unpaired) electrons. The lowest BCUT2D eigenvalue weighted by atomic mass is 10.0. The fourth-order valence-electron chi connectivity index (χ4n) is 4.57. The van der Waals surface area contributed by atoms with Crippen molar-refractivity contribution in [2.75, 3.05) is 0 Å². The Labute approximate surface area is 211 Å². The molecule has 6 nitrogen and oxygen atoms in total. The van der Waals surface area contributed by atoms with Crippen LogP contribution in [0.3, 0.4) is 0 Å². The third kappa shape index (κ3) is 4.72. The van der Waals surface area contributed by atoms with Crippen LogP contribution < -0.4 is 5.90 Å². The fourth-order valence-corrected chi connectivity index (χ4v) is 5.02. The van der Waals surface area contributed by atoms with Crippen LogP contribution in [0, 0.1) is 0 Å². The first-order valence-electron chi connectivity index (χ1n) is 11.4. The summed E-state index contributed by atoms with van der Waals surface area (Å²) in [5.74, 6) is 4.59. The van der Waals surface area contributed by atoms with E-state index in [0.717, 1.165) is 33.2 Å². The van der Waals surface area contributed by atoms with Gasteiger partial charge in [0.15, 0.2) is 0 Å². The van der Waals surface area contributed by atoms with E-state index >= 15 is 0 Å². The van der Waals surface area contributed by atoms with E-state index in [2.05, 4.69) is 24.3 Å². The summed E-state index contributed by atoms with van der Waals surface area (Å²) in [7, 11) is 0. The molecule has 0 fully saturated rings. The van der Waals surface area contributed by atoms with Gasteiger partial charge in [0.2, 0.25) is 0 Å². The van der Waals surface area contributed by atoms with Crippen LogP contribution in [0.2, 0.25) is 0 Å². The van der Waals surface area contributed by atoms with Crippen LogP contribution >= 0.6 is 0 Å². The maximum atomic E-state index is 13.0. The largest absolute Gasteiger partial charge is 0.772 e. The summed E-state index contributed by atoms with van der Waals surface area (Å²) in [5, 5.41) is 0.755. The predicted molar refractivity (Wildman–Crippen MR) is 141 cm³/mol. The van der Waals surface area contributed by atoms with Crippen LogP contribution in [0.5, 0.6) is 0 Å². The zero-order valence-corrected chi connectivity index (χ0v) is 20.1. The van der Waals surface area contributed by atoms with Gasteiger partial charge < -0.3 is 14.0 Å². The van der Waals surface area contributed by atoms with E-state index < -0.39 is 17.0 Å². The van der Waals surface area contributed by atoms with Crippen LogP contribution in [0.1, 0.15) is 21.6 Å². The second kappa shape index (κ2) is 10.3. The maximum Gasteiger partial charge on any atom is 0.374 e. The number of rotatable bonds is 7. The van der Waals surface area contributed by atoms with Gasteiger partial charge >= 0.3 is 5.97 Å². The zero-order chi connectivity index (χ0) is 25.1. The van der Waals surface area contributed by atoms with Gasteiger partial charge in [0.25, 0.3) is 0 Å². The third-order valence-corrected chi connectivity index (χ3v) is 6.75. The molecule has 1 atom stereocenters. The van der Waals surface area contributed by atoms with Gasteiger partial charge in [-0.25, -0.2) is 4.79 Å². The zero-order valence-electron chi connectivity index (χ0n) is 19.3. The topological polar surface area (TPSA) is 97.4 Å². The average Bonchev–Trinajstić information content (AvgIpc) is 3.22. The normalized spacial score (nSPS) is 11.9. The standard InChI is InChI=1S/C29H24N2O4S/c30-35-29(32)28-27(24-9-5-2-6-10-24)25-17-21(19-36(33)34)13-16-26(25)31(28)18-20-11-14-23(15-12-20)22-7-3-1-4-8-22/h1-17H,18-19,30H2,(H,33,34)/p-1. The van der Waals surface area contributed by atoms with Crippen molar-refractivity contribution in [3.63, 3.8) is 0 Å². The summed E-state index contributed by atoms with van der Waals surface area (Å²) < 4.78 is 24.6. The molecule has 0 bridgehead atoms. The Morgan fingerprint density at radius 2 is 1.39 bits per heavy atom. The van der Waals surface area contributed by atoms with Crippen LogP contribution in [0.4, 0.5) is 0 Å². The highest BCUT2D eigenvalue weighted by molar-refractivity contribution is 7.78. The van der Waals surface area contributed by atoms with Crippen molar-refractivity contribution in [3.05, 3.63) is 120 Å². The highest BCUT2D eigenvalue weighted by atomic mass is 32.2. The van der Waals surface area contributed by atoms with E-state index in [1.165, 1.54) is 0 Å². The van der Waals surface area contributed by atoms with Crippen LogP contribution in [-0.4, -0.2) is 19.3 Å². The fraction of sp³-hybridized carbons (Fsp3) is 0.0690. The number of carbonyl (C=O) groups excluding carboxylic acids is 1. The summed E-state index contributed by atoms with van der Waals surface area (Å²) in [5.41, 5.74) is 6.39. The number of benzene rings is 4. The van der Waals surface area contributed by atoms with Crippen LogP contribution in [0.25, 0.3) is 33.2 Å². The molecule has 180 valence electrons. The first kappa shape index (κ1) is 23.7. The van der Waals surface area contributed by atoms with E-state index in [9.17, 15) is 13.6 Å². The summed E-state index contributed by atoms with van der Waals surface area (Å²) in [6.45, 7) is 0.398. The van der Waals surface area contributed by atoms with Gasteiger partial charge in [-0.05, 0) is 39.9 Å². The van der Waals surface area contributed by atoms with E-state index in [-0.39, 0.29) is 5.75 Å². The molecule has 36 heavy (non-hydrogen) atoms. The lowest BCUT2D eigenvalue weighted by molar-refractivity contribution is 0.0493. The van der Waals surface area contributed by atoms with Crippen molar-refractivity contribution in [2.45, 2.75) is 12.3 Å². The molecule has 5 aromatic rings. The number of nitrogens with zero attached hydrogens (tertiary/aromatic N) is 1. The number of carbonyl (C=O) groups is 1. The summed E-state index contributed by atoms with van der Waals surface area (Å²) in [4.78, 5) is 17.7. The lowest BCUT2D eigenvalue weighted by Crippen LogP contribution is -2.17. The molecule has 1 heterocycles. The minimum absolute atomic E-state index is 0.118. The second-order valence-corrected chi connectivity index (χ2v) is 9.34. The van der Waals surface area contributed by atoms with Crippen molar-refractivity contribution < 1.29 is 18.4 Å². The summed E-state index contributed by atoms with van der Waals surface area (Å²) >= 11 is -2.24. The van der Waals surface area contributed by atoms with Crippen molar-refractivity contribution >= 4 is 28.0 Å². The Balaban J connectivity index is 1.67. The smallest absolute Gasteiger partial charge is 0.374 e. The molecule has 1 aromatic heterocycles. The number of hydrogen-bond donors (Lipinski definition) is 1. The van der Waals surface area contributed by atoms with E-state index in [4.69, 9.17) is 10.7 Å². The second-order valence-electron chi connectivity index (χ2n) is 8.44. The van der Waals surface area contributed by atoms with Crippen molar-refractivity contribution in [3.8, 4) is 22.3 Å². The maximum absolute atomic E-state index is 13.0. The van der Waals surface area contributed by atoms with Gasteiger partial charge in [0.1, 0.15) is 5.69 Å². The summed E-state index contributed by atoms with van der Waals surface area (Å²) in [6, 6.07) is 33.2. The van der Waals surface area contributed by atoms with Gasteiger partial charge in [-0.1, -0.05) is 102 Å². The Morgan fingerprint density at radius 1 is 0.806 bits per heavy atom. The first-order chi connectivity index (χ1) is 17.5. The van der Waals surface area contributed by atoms with Crippen LogP contribution in [-0.2, 0) is 28.2 Å². The van der Waals surface area contributed by atoms with Crippen molar-refractivity contribution in [2.24, 2.45) is 5.90 Å². The molecule has 2 N–H and O–H groups in total. The van der Waals surface area contributed by atoms with E-state index in [0.29, 0.717) is 23.4 Å². The van der Waals surface area contributed by atoms with Crippen LogP contribution in [0.15, 0.2) is 103 Å². The molecule has 0 amide bonds. The monoisotopic (exact) mass is 495 g/mol. The molecular formula is C29H23N2O4S-. The van der Waals surface area contributed by atoms with Gasteiger partial charge in [0, 0.05) is 28.8 Å². The van der Waals surface area contributed by atoms with Crippen molar-refractivity contribution in [1.82, 2.24) is 4.57 Å². The molecule has 4 aromatic carbocycles. The molecular weight excluding hydrogens is 472 g/mol. The molecule has 0 aliphatic rings. The molecule has 7 heteroatoms. The van der Waals surface area contributed by atoms with E-state index in [1.807, 2.05) is 77.4 Å². The number of fused-ring (bicyclic) bond motifs is 1. The van der Waals surface area contributed by atoms with Gasteiger partial charge in [0.05, 0.1) is 0 Å². The SMILES string of the molecule is NOC(=O)c1c(-c2ccccc2)c2cc(CS(=O)[O-])ccc2n1Cc1ccc(-c2ccccc2)cc1. The predicted octanol–water partition coefficient (Wildman–Crippen LogP) is 5.43. The molecule has 5 rings (SSSR count). The molecule has 0 saturated carbocycles. The molecule has 0 saturated heterocycles. The molecule has 0 aliphatic heterocycles. The Bertz CT molecular complexity index is 1550. The van der Waals surface area contributed by atoms with Gasteiger partial charge in [-0.3, -0.25) is 4.21 Å². The number of nitrogens with two attached hydrogens (primary N) is 1. The highest BCUT2D eigenvalue weighted by Gasteiger charge is 2.25. The first-order valence-corrected chi connectivity index (χ1v) is 12.6. The molecule has 1 unspecified atom stereocenters. The Hall–Kier alpha value is -4.04. The lowest BCUT2D eigenvalue weighted by Gasteiger charge is -2.12. The van der Waals surface area contributed by atoms with E-state index in [1.54, 1.807) is 6.07 Å². The number of hydrogen-bond acceptors (Lipinski definition) is 5.